The van der Waals surface area contributed by atoms with Gasteiger partial charge in [-0.3, -0.25) is 5.32 Å². The highest BCUT2D eigenvalue weighted by Crippen LogP contribution is 2.28. The fraction of sp³-hybridized carbons (Fsp3) is 0.412. The van der Waals surface area contributed by atoms with Crippen molar-refractivity contribution >= 4 is 9.84 Å². The van der Waals surface area contributed by atoms with Crippen molar-refractivity contribution in [3.63, 3.8) is 0 Å². The molecule has 1 saturated heterocycles. The van der Waals surface area contributed by atoms with Gasteiger partial charge >= 0.3 is 0 Å². The Morgan fingerprint density at radius 1 is 1.26 bits per heavy atom. The van der Waals surface area contributed by atoms with E-state index in [4.69, 9.17) is 4.42 Å². The number of furan rings is 1. The van der Waals surface area contributed by atoms with Gasteiger partial charge < -0.3 is 9.73 Å². The number of rotatable bonds is 5. The van der Waals surface area contributed by atoms with Gasteiger partial charge in [-0.05, 0) is 49.1 Å². The zero-order chi connectivity index (χ0) is 16.3. The van der Waals surface area contributed by atoms with E-state index < -0.39 is 9.84 Å². The Kier molecular flexibility index (Phi) is 4.84. The van der Waals surface area contributed by atoms with Gasteiger partial charge in [0.1, 0.15) is 0 Å². The van der Waals surface area contributed by atoms with E-state index in [0.717, 1.165) is 31.5 Å². The zero-order valence-corrected chi connectivity index (χ0v) is 14.0. The van der Waals surface area contributed by atoms with Crippen LogP contribution in [0.4, 0.5) is 0 Å². The molecule has 1 aromatic carbocycles. The highest BCUT2D eigenvalue weighted by Gasteiger charge is 2.22. The first kappa shape index (κ1) is 16.2. The van der Waals surface area contributed by atoms with E-state index in [1.165, 1.54) is 11.8 Å². The molecule has 124 valence electrons. The second-order valence-corrected chi connectivity index (χ2v) is 8.10. The Bertz CT molecular complexity index is 724. The summed E-state index contributed by atoms with van der Waals surface area (Å²) in [5, 5.41) is 6.97. The second kappa shape index (κ2) is 6.86. The van der Waals surface area contributed by atoms with Crippen LogP contribution in [-0.2, 0) is 16.4 Å². The molecule has 0 spiro atoms. The van der Waals surface area contributed by atoms with Gasteiger partial charge in [0, 0.05) is 18.4 Å². The number of benzene rings is 1. The Balaban J connectivity index is 1.61. The molecule has 0 amide bonds. The number of piperidine rings is 1. The van der Waals surface area contributed by atoms with Crippen LogP contribution in [0, 0.1) is 0 Å². The van der Waals surface area contributed by atoms with Gasteiger partial charge in [-0.15, -0.1) is 0 Å². The van der Waals surface area contributed by atoms with Crippen molar-refractivity contribution in [1.29, 1.82) is 0 Å². The fourth-order valence-electron chi connectivity index (χ4n) is 3.00. The monoisotopic (exact) mass is 334 g/mol. The molecule has 2 atom stereocenters. The maximum absolute atomic E-state index is 11.5. The van der Waals surface area contributed by atoms with Crippen LogP contribution in [0.1, 0.15) is 29.9 Å². The molecule has 1 aliphatic rings. The van der Waals surface area contributed by atoms with Crippen LogP contribution >= 0.6 is 0 Å². The SMILES string of the molecule is CS(=O)(=O)c1ccc(C2CCNC(NCc3ccoc3)C2)cc1. The molecular weight excluding hydrogens is 312 g/mol. The third-order valence-corrected chi connectivity index (χ3v) is 5.44. The summed E-state index contributed by atoms with van der Waals surface area (Å²) in [6.07, 6.45) is 6.95. The van der Waals surface area contributed by atoms with Crippen LogP contribution in [0.25, 0.3) is 0 Å². The normalized spacial score (nSPS) is 22.1. The summed E-state index contributed by atoms with van der Waals surface area (Å²) >= 11 is 0. The zero-order valence-electron chi connectivity index (χ0n) is 13.2. The summed E-state index contributed by atoms with van der Waals surface area (Å²) in [5.74, 6) is 0.437. The molecule has 5 nitrogen and oxygen atoms in total. The molecule has 0 aliphatic carbocycles. The standard InChI is InChI=1S/C17H22N2O3S/c1-23(20,21)16-4-2-14(3-5-16)15-6-8-18-17(10-15)19-11-13-7-9-22-12-13/h2-5,7,9,12,15,17-19H,6,8,10-11H2,1H3. The molecule has 2 aromatic rings. The third-order valence-electron chi connectivity index (χ3n) is 4.32. The molecule has 2 unspecified atom stereocenters. The molecule has 3 rings (SSSR count). The Morgan fingerprint density at radius 3 is 2.70 bits per heavy atom. The summed E-state index contributed by atoms with van der Waals surface area (Å²) in [4.78, 5) is 0.379. The van der Waals surface area contributed by atoms with Gasteiger partial charge in [-0.25, -0.2) is 8.42 Å². The summed E-state index contributed by atoms with van der Waals surface area (Å²) < 4.78 is 28.2. The molecule has 6 heteroatoms. The second-order valence-electron chi connectivity index (χ2n) is 6.08. The third kappa shape index (κ3) is 4.22. The smallest absolute Gasteiger partial charge is 0.175 e. The van der Waals surface area contributed by atoms with Crippen molar-refractivity contribution in [2.75, 3.05) is 12.8 Å². The molecule has 1 aliphatic heterocycles. The summed E-state index contributed by atoms with van der Waals surface area (Å²) in [6, 6.07) is 9.26. The lowest BCUT2D eigenvalue weighted by Gasteiger charge is -2.31. The maximum Gasteiger partial charge on any atom is 0.175 e. The van der Waals surface area contributed by atoms with Crippen molar-refractivity contribution in [2.24, 2.45) is 0 Å². The van der Waals surface area contributed by atoms with E-state index >= 15 is 0 Å². The first-order valence-electron chi connectivity index (χ1n) is 7.80. The van der Waals surface area contributed by atoms with Crippen molar-refractivity contribution in [3.05, 3.63) is 54.0 Å². The quantitative estimate of drug-likeness (QED) is 0.878. The largest absolute Gasteiger partial charge is 0.472 e. The van der Waals surface area contributed by atoms with E-state index in [9.17, 15) is 8.42 Å². The summed E-state index contributed by atoms with van der Waals surface area (Å²) in [5.41, 5.74) is 2.33. The van der Waals surface area contributed by atoms with E-state index in [1.54, 1.807) is 24.7 Å². The first-order valence-corrected chi connectivity index (χ1v) is 9.69. The Labute approximate surface area is 137 Å². The fourth-order valence-corrected chi connectivity index (χ4v) is 3.63. The number of hydrogen-bond acceptors (Lipinski definition) is 5. The molecule has 23 heavy (non-hydrogen) atoms. The van der Waals surface area contributed by atoms with Crippen LogP contribution in [0.5, 0.6) is 0 Å². The van der Waals surface area contributed by atoms with Gasteiger partial charge in [0.15, 0.2) is 9.84 Å². The van der Waals surface area contributed by atoms with Crippen LogP contribution < -0.4 is 10.6 Å². The van der Waals surface area contributed by atoms with Crippen molar-refractivity contribution < 1.29 is 12.8 Å². The lowest BCUT2D eigenvalue weighted by Crippen LogP contribution is -2.46. The number of sulfone groups is 1. The average molecular weight is 334 g/mol. The summed E-state index contributed by atoms with van der Waals surface area (Å²) in [6.45, 7) is 1.72. The lowest BCUT2D eigenvalue weighted by molar-refractivity contribution is 0.312. The minimum Gasteiger partial charge on any atom is -0.472 e. The Hall–Kier alpha value is -1.63. The molecule has 0 bridgehead atoms. The van der Waals surface area contributed by atoms with Gasteiger partial charge in [-0.2, -0.15) is 0 Å². The minimum absolute atomic E-state index is 0.248. The van der Waals surface area contributed by atoms with E-state index in [1.807, 2.05) is 18.2 Å². The van der Waals surface area contributed by atoms with E-state index in [0.29, 0.717) is 10.8 Å². The van der Waals surface area contributed by atoms with Crippen molar-refractivity contribution in [2.45, 2.75) is 36.4 Å². The number of nitrogens with one attached hydrogen (secondary N) is 2. The molecule has 0 radical (unpaired) electrons. The Morgan fingerprint density at radius 2 is 2.04 bits per heavy atom. The highest BCUT2D eigenvalue weighted by molar-refractivity contribution is 7.90. The molecule has 2 heterocycles. The summed E-state index contributed by atoms with van der Waals surface area (Å²) in [7, 11) is -3.13. The predicted molar refractivity (Wildman–Crippen MR) is 88.9 cm³/mol. The topological polar surface area (TPSA) is 71.3 Å². The van der Waals surface area contributed by atoms with E-state index in [2.05, 4.69) is 10.6 Å². The van der Waals surface area contributed by atoms with Crippen LogP contribution in [0.3, 0.4) is 0 Å². The van der Waals surface area contributed by atoms with Gasteiger partial charge in [0.25, 0.3) is 0 Å². The van der Waals surface area contributed by atoms with Gasteiger partial charge in [0.05, 0.1) is 23.6 Å². The van der Waals surface area contributed by atoms with Crippen molar-refractivity contribution in [1.82, 2.24) is 10.6 Å². The first-order chi connectivity index (χ1) is 11.0. The predicted octanol–water partition coefficient (Wildman–Crippen LogP) is 2.27. The lowest BCUT2D eigenvalue weighted by atomic mass is 9.89. The average Bonchev–Trinajstić information content (AvgIpc) is 3.06. The van der Waals surface area contributed by atoms with Crippen molar-refractivity contribution in [3.8, 4) is 0 Å². The molecule has 0 saturated carbocycles. The number of hydrogen-bond donors (Lipinski definition) is 2. The van der Waals surface area contributed by atoms with Crippen LogP contribution in [-0.4, -0.2) is 27.4 Å². The molecule has 1 aromatic heterocycles. The minimum atomic E-state index is -3.13. The maximum atomic E-state index is 11.5. The van der Waals surface area contributed by atoms with Gasteiger partial charge in [0.2, 0.25) is 0 Å². The van der Waals surface area contributed by atoms with Gasteiger partial charge in [-0.1, -0.05) is 12.1 Å². The highest BCUT2D eigenvalue weighted by atomic mass is 32.2. The van der Waals surface area contributed by atoms with Crippen LogP contribution in [0.2, 0.25) is 0 Å². The molecular formula is C17H22N2O3S. The van der Waals surface area contributed by atoms with E-state index in [-0.39, 0.29) is 6.17 Å². The van der Waals surface area contributed by atoms with Crippen LogP contribution in [0.15, 0.2) is 52.2 Å². The molecule has 2 N–H and O–H groups in total. The molecule has 1 fully saturated rings.